The van der Waals surface area contributed by atoms with Crippen LogP contribution in [0.1, 0.15) is 52.5 Å². The van der Waals surface area contributed by atoms with Crippen LogP contribution in [0.4, 0.5) is 0 Å². The minimum absolute atomic E-state index is 0.335. The van der Waals surface area contributed by atoms with E-state index in [1.165, 1.54) is 5.56 Å². The van der Waals surface area contributed by atoms with E-state index in [4.69, 9.17) is 4.74 Å². The van der Waals surface area contributed by atoms with Crippen molar-refractivity contribution in [2.45, 2.75) is 59.0 Å². The average molecular weight is 363 g/mol. The summed E-state index contributed by atoms with van der Waals surface area (Å²) in [6, 6.07) is 9.34. The highest BCUT2D eigenvalue weighted by Crippen LogP contribution is 2.25. The van der Waals surface area contributed by atoms with Crippen LogP contribution in [0.15, 0.2) is 29.3 Å². The summed E-state index contributed by atoms with van der Waals surface area (Å²) in [7, 11) is 3.54. The van der Waals surface area contributed by atoms with Crippen molar-refractivity contribution in [2.24, 2.45) is 4.99 Å². The van der Waals surface area contributed by atoms with Crippen molar-refractivity contribution in [3.63, 3.8) is 0 Å². The smallest absolute Gasteiger partial charge is 0.190 e. The number of nitrogens with zero attached hydrogens (tertiary/aromatic N) is 2. The molecule has 1 aromatic rings. The molecule has 0 aliphatic heterocycles. The van der Waals surface area contributed by atoms with Gasteiger partial charge >= 0.3 is 0 Å². The van der Waals surface area contributed by atoms with Gasteiger partial charge < -0.3 is 15.4 Å². The second-order valence-corrected chi connectivity index (χ2v) is 7.30. The molecular formula is C21H38N4O. The Labute approximate surface area is 160 Å². The van der Waals surface area contributed by atoms with Gasteiger partial charge in [0, 0.05) is 44.7 Å². The molecule has 0 saturated heterocycles. The largest absolute Gasteiger partial charge is 0.496 e. The quantitative estimate of drug-likeness (QED) is 0.380. The molecule has 0 aliphatic carbocycles. The third kappa shape index (κ3) is 7.24. The van der Waals surface area contributed by atoms with Gasteiger partial charge in [0.2, 0.25) is 0 Å². The molecule has 0 fully saturated rings. The molecule has 0 aromatic heterocycles. The summed E-state index contributed by atoms with van der Waals surface area (Å²) < 4.78 is 5.46. The summed E-state index contributed by atoms with van der Waals surface area (Å²) in [5.41, 5.74) is 1.21. The Balaban J connectivity index is 2.41. The maximum absolute atomic E-state index is 5.46. The average Bonchev–Trinajstić information content (AvgIpc) is 2.62. The summed E-state index contributed by atoms with van der Waals surface area (Å²) in [6.07, 6.45) is 1.10. The fourth-order valence-electron chi connectivity index (χ4n) is 3.23. The van der Waals surface area contributed by atoms with Gasteiger partial charge in [-0.1, -0.05) is 25.1 Å². The Bertz CT molecular complexity index is 535. The van der Waals surface area contributed by atoms with E-state index in [-0.39, 0.29) is 0 Å². The van der Waals surface area contributed by atoms with Gasteiger partial charge in [-0.25, -0.2) is 0 Å². The number of hydrogen-bond donors (Lipinski definition) is 2. The monoisotopic (exact) mass is 362 g/mol. The van der Waals surface area contributed by atoms with Crippen molar-refractivity contribution in [3.8, 4) is 5.75 Å². The number of hydrogen-bond acceptors (Lipinski definition) is 3. The van der Waals surface area contributed by atoms with Crippen LogP contribution in [-0.2, 0) is 0 Å². The van der Waals surface area contributed by atoms with Crippen LogP contribution in [0.2, 0.25) is 0 Å². The standard InChI is InChI=1S/C21H38N4O/c1-16(2)25(17(3)4)14-10-13-23-21(22-6)24-15-18(5)19-11-8-9-12-20(19)26-7/h8-9,11-12,16-18H,10,13-15H2,1-7H3,(H2,22,23,24). The lowest BCUT2D eigenvalue weighted by Gasteiger charge is -2.30. The number of aliphatic imine (C=N–C) groups is 1. The van der Waals surface area contributed by atoms with Gasteiger partial charge in [-0.05, 0) is 45.7 Å². The highest BCUT2D eigenvalue weighted by atomic mass is 16.5. The first-order chi connectivity index (χ1) is 12.4. The van der Waals surface area contributed by atoms with Crippen LogP contribution < -0.4 is 15.4 Å². The van der Waals surface area contributed by atoms with Crippen LogP contribution in [0, 0.1) is 0 Å². The van der Waals surface area contributed by atoms with Gasteiger partial charge in [0.15, 0.2) is 5.96 Å². The van der Waals surface area contributed by atoms with E-state index >= 15 is 0 Å². The Morgan fingerprint density at radius 2 is 1.73 bits per heavy atom. The number of ether oxygens (including phenoxy) is 1. The lowest BCUT2D eigenvalue weighted by molar-refractivity contribution is 0.173. The van der Waals surface area contributed by atoms with Crippen LogP contribution in [0.3, 0.4) is 0 Å². The normalized spacial score (nSPS) is 13.4. The zero-order valence-electron chi connectivity index (χ0n) is 17.7. The van der Waals surface area contributed by atoms with E-state index < -0.39 is 0 Å². The van der Waals surface area contributed by atoms with E-state index in [1.807, 2.05) is 19.2 Å². The van der Waals surface area contributed by atoms with E-state index in [0.29, 0.717) is 18.0 Å². The highest BCUT2D eigenvalue weighted by Gasteiger charge is 2.13. The molecule has 1 unspecified atom stereocenters. The van der Waals surface area contributed by atoms with Crippen molar-refractivity contribution in [3.05, 3.63) is 29.8 Å². The maximum Gasteiger partial charge on any atom is 0.190 e. The minimum Gasteiger partial charge on any atom is -0.496 e. The van der Waals surface area contributed by atoms with E-state index in [1.54, 1.807) is 7.11 Å². The van der Waals surface area contributed by atoms with E-state index in [0.717, 1.165) is 37.8 Å². The van der Waals surface area contributed by atoms with Gasteiger partial charge in [-0.15, -0.1) is 0 Å². The van der Waals surface area contributed by atoms with Gasteiger partial charge in [-0.3, -0.25) is 9.89 Å². The molecule has 0 saturated carbocycles. The minimum atomic E-state index is 0.335. The number of rotatable bonds is 10. The second-order valence-electron chi connectivity index (χ2n) is 7.30. The maximum atomic E-state index is 5.46. The molecule has 5 heteroatoms. The predicted molar refractivity (Wildman–Crippen MR) is 112 cm³/mol. The van der Waals surface area contributed by atoms with E-state index in [9.17, 15) is 0 Å². The Kier molecular flexibility index (Phi) is 10.1. The van der Waals surface area contributed by atoms with Crippen molar-refractivity contribution in [1.82, 2.24) is 15.5 Å². The lowest BCUT2D eigenvalue weighted by atomic mass is 10.0. The summed E-state index contributed by atoms with van der Waals surface area (Å²) in [5.74, 6) is 2.13. The van der Waals surface area contributed by atoms with Crippen LogP contribution >= 0.6 is 0 Å². The first-order valence-electron chi connectivity index (χ1n) is 9.73. The highest BCUT2D eigenvalue weighted by molar-refractivity contribution is 5.79. The molecule has 0 heterocycles. The molecule has 0 aliphatic rings. The SMILES string of the molecule is CN=C(NCCCN(C(C)C)C(C)C)NCC(C)c1ccccc1OC. The van der Waals surface area contributed by atoms with Gasteiger partial charge in [0.1, 0.15) is 5.75 Å². The molecular weight excluding hydrogens is 324 g/mol. The van der Waals surface area contributed by atoms with Crippen LogP contribution in [0.25, 0.3) is 0 Å². The van der Waals surface area contributed by atoms with Crippen molar-refractivity contribution in [1.29, 1.82) is 0 Å². The number of guanidine groups is 1. The zero-order valence-corrected chi connectivity index (χ0v) is 17.7. The molecule has 26 heavy (non-hydrogen) atoms. The number of benzene rings is 1. The summed E-state index contributed by atoms with van der Waals surface area (Å²) in [6.45, 7) is 14.0. The number of nitrogens with one attached hydrogen (secondary N) is 2. The summed E-state index contributed by atoms with van der Waals surface area (Å²) in [5, 5.41) is 6.84. The molecule has 1 aromatic carbocycles. The fourth-order valence-corrected chi connectivity index (χ4v) is 3.23. The van der Waals surface area contributed by atoms with Gasteiger partial charge in [0.25, 0.3) is 0 Å². The summed E-state index contributed by atoms with van der Waals surface area (Å²) >= 11 is 0. The molecule has 148 valence electrons. The fraction of sp³-hybridized carbons (Fsp3) is 0.667. The van der Waals surface area contributed by atoms with Crippen LogP contribution in [-0.4, -0.2) is 56.7 Å². The summed E-state index contributed by atoms with van der Waals surface area (Å²) in [4.78, 5) is 6.85. The van der Waals surface area contributed by atoms with Crippen molar-refractivity contribution >= 4 is 5.96 Å². The molecule has 1 rings (SSSR count). The molecule has 0 amide bonds. The molecule has 0 radical (unpaired) electrons. The molecule has 1 atom stereocenters. The zero-order chi connectivity index (χ0) is 19.5. The van der Waals surface area contributed by atoms with Gasteiger partial charge in [-0.2, -0.15) is 0 Å². The Morgan fingerprint density at radius 1 is 1.08 bits per heavy atom. The topological polar surface area (TPSA) is 48.9 Å². The third-order valence-corrected chi connectivity index (χ3v) is 4.68. The molecule has 0 spiro atoms. The second kappa shape index (κ2) is 11.8. The van der Waals surface area contributed by atoms with Gasteiger partial charge in [0.05, 0.1) is 7.11 Å². The number of methoxy groups -OCH3 is 1. The third-order valence-electron chi connectivity index (χ3n) is 4.68. The lowest BCUT2D eigenvalue weighted by Crippen LogP contribution is -2.42. The first kappa shape index (κ1) is 22.3. The van der Waals surface area contributed by atoms with Crippen molar-refractivity contribution < 1.29 is 4.74 Å². The van der Waals surface area contributed by atoms with E-state index in [2.05, 4.69) is 67.3 Å². The molecule has 0 bridgehead atoms. The van der Waals surface area contributed by atoms with Crippen LogP contribution in [0.5, 0.6) is 5.75 Å². The molecule has 2 N–H and O–H groups in total. The molecule has 5 nitrogen and oxygen atoms in total. The predicted octanol–water partition coefficient (Wildman–Crippen LogP) is 3.47. The number of para-hydroxylation sites is 1. The van der Waals surface area contributed by atoms with Crippen molar-refractivity contribution in [2.75, 3.05) is 33.8 Å². The first-order valence-corrected chi connectivity index (χ1v) is 9.73. The Hall–Kier alpha value is -1.75. The Morgan fingerprint density at radius 3 is 2.31 bits per heavy atom.